The zero-order valence-electron chi connectivity index (χ0n) is 10.4. The van der Waals surface area contributed by atoms with E-state index in [0.717, 1.165) is 18.2 Å². The van der Waals surface area contributed by atoms with Crippen LogP contribution in [0.25, 0.3) is 0 Å². The molecule has 0 amide bonds. The Balaban J connectivity index is 2.23. The van der Waals surface area contributed by atoms with Gasteiger partial charge in [-0.1, -0.05) is 0 Å². The van der Waals surface area contributed by atoms with Gasteiger partial charge >= 0.3 is 5.69 Å². The van der Waals surface area contributed by atoms with Crippen molar-refractivity contribution in [2.24, 2.45) is 0 Å². The lowest BCUT2D eigenvalue weighted by Gasteiger charge is -2.08. The average Bonchev–Trinajstić information content (AvgIpc) is 2.36. The molecule has 0 fully saturated rings. The Labute approximate surface area is 116 Å². The summed E-state index contributed by atoms with van der Waals surface area (Å²) in [5.41, 5.74) is -1.05. The van der Waals surface area contributed by atoms with Crippen molar-refractivity contribution in [2.45, 2.75) is 6.54 Å². The standard InChI is InChI=1S/C13H8F4N2O2/c14-8-2-9(15)4-10(3-8)18-6-7-1-13(19(20)21)12(17)5-11(7)16/h1-5,18H,6H2. The highest BCUT2D eigenvalue weighted by Gasteiger charge is 2.18. The number of halogens is 4. The maximum Gasteiger partial charge on any atom is 0.305 e. The van der Waals surface area contributed by atoms with Crippen LogP contribution in [0.3, 0.4) is 0 Å². The lowest BCUT2D eigenvalue weighted by atomic mass is 10.1. The number of benzene rings is 2. The summed E-state index contributed by atoms with van der Waals surface area (Å²) in [6.45, 7) is -0.296. The summed E-state index contributed by atoms with van der Waals surface area (Å²) in [4.78, 5) is 9.59. The van der Waals surface area contributed by atoms with Crippen LogP contribution >= 0.6 is 0 Å². The van der Waals surface area contributed by atoms with E-state index in [9.17, 15) is 27.7 Å². The quantitative estimate of drug-likeness (QED) is 0.531. The Hall–Kier alpha value is -2.64. The molecule has 0 atom stereocenters. The molecule has 0 spiro atoms. The van der Waals surface area contributed by atoms with Gasteiger partial charge in [0.2, 0.25) is 5.82 Å². The number of hydrogen-bond donors (Lipinski definition) is 1. The van der Waals surface area contributed by atoms with E-state index in [1.54, 1.807) is 0 Å². The third kappa shape index (κ3) is 3.47. The van der Waals surface area contributed by atoms with Crippen LogP contribution in [0.1, 0.15) is 5.56 Å². The number of anilines is 1. The van der Waals surface area contributed by atoms with Gasteiger partial charge < -0.3 is 5.32 Å². The second-order valence-corrected chi connectivity index (χ2v) is 4.16. The lowest BCUT2D eigenvalue weighted by molar-refractivity contribution is -0.387. The number of nitrogens with zero attached hydrogens (tertiary/aromatic N) is 1. The van der Waals surface area contributed by atoms with Crippen molar-refractivity contribution in [2.75, 3.05) is 5.32 Å². The molecule has 0 aliphatic carbocycles. The zero-order valence-corrected chi connectivity index (χ0v) is 10.4. The number of nitro benzene ring substituents is 1. The second-order valence-electron chi connectivity index (χ2n) is 4.16. The molecule has 0 saturated carbocycles. The van der Waals surface area contributed by atoms with E-state index in [1.165, 1.54) is 0 Å². The molecular formula is C13H8F4N2O2. The minimum absolute atomic E-state index is 0.0267. The summed E-state index contributed by atoms with van der Waals surface area (Å²) in [5.74, 6) is -3.95. The van der Waals surface area contributed by atoms with Crippen LogP contribution in [0, 0.1) is 33.4 Å². The van der Waals surface area contributed by atoms with Crippen molar-refractivity contribution in [1.29, 1.82) is 0 Å². The lowest BCUT2D eigenvalue weighted by Crippen LogP contribution is -2.05. The van der Waals surface area contributed by atoms with Crippen LogP contribution in [0.5, 0.6) is 0 Å². The predicted molar refractivity (Wildman–Crippen MR) is 66.7 cm³/mol. The van der Waals surface area contributed by atoms with E-state index in [-0.39, 0.29) is 17.8 Å². The van der Waals surface area contributed by atoms with Gasteiger partial charge in [-0.05, 0) is 12.1 Å². The molecule has 0 aromatic heterocycles. The molecule has 0 aliphatic rings. The summed E-state index contributed by atoms with van der Waals surface area (Å²) >= 11 is 0. The summed E-state index contributed by atoms with van der Waals surface area (Å²) in [7, 11) is 0. The van der Waals surface area contributed by atoms with Crippen molar-refractivity contribution in [3.05, 3.63) is 69.3 Å². The van der Waals surface area contributed by atoms with E-state index in [1.807, 2.05) is 0 Å². The molecule has 0 unspecified atom stereocenters. The Morgan fingerprint density at radius 2 is 1.57 bits per heavy atom. The molecule has 8 heteroatoms. The molecule has 4 nitrogen and oxygen atoms in total. The Morgan fingerprint density at radius 3 is 2.14 bits per heavy atom. The van der Waals surface area contributed by atoms with Gasteiger partial charge in [-0.25, -0.2) is 13.2 Å². The van der Waals surface area contributed by atoms with Crippen molar-refractivity contribution in [1.82, 2.24) is 0 Å². The summed E-state index contributed by atoms with van der Waals surface area (Å²) in [6.07, 6.45) is 0. The zero-order chi connectivity index (χ0) is 15.6. The molecule has 0 radical (unpaired) electrons. The van der Waals surface area contributed by atoms with Gasteiger partial charge in [-0.15, -0.1) is 0 Å². The van der Waals surface area contributed by atoms with Crippen molar-refractivity contribution < 1.29 is 22.5 Å². The molecular weight excluding hydrogens is 292 g/mol. The smallest absolute Gasteiger partial charge is 0.305 e. The Bertz CT molecular complexity index is 687. The topological polar surface area (TPSA) is 55.2 Å². The summed E-state index contributed by atoms with van der Waals surface area (Å²) in [6, 6.07) is 3.72. The number of nitrogens with one attached hydrogen (secondary N) is 1. The van der Waals surface area contributed by atoms with E-state index in [2.05, 4.69) is 5.32 Å². The maximum absolute atomic E-state index is 13.5. The first kappa shape index (κ1) is 14.8. The molecule has 0 aliphatic heterocycles. The van der Waals surface area contributed by atoms with Crippen molar-refractivity contribution in [3.63, 3.8) is 0 Å². The average molecular weight is 300 g/mol. The number of nitro groups is 1. The minimum Gasteiger partial charge on any atom is -0.381 e. The molecule has 2 rings (SSSR count). The van der Waals surface area contributed by atoms with Gasteiger partial charge in [0.1, 0.15) is 17.5 Å². The number of rotatable bonds is 4. The van der Waals surface area contributed by atoms with Crippen LogP contribution < -0.4 is 5.32 Å². The Kier molecular flexibility index (Phi) is 4.06. The molecule has 0 bridgehead atoms. The molecule has 110 valence electrons. The third-order valence-electron chi connectivity index (χ3n) is 2.66. The van der Waals surface area contributed by atoms with Gasteiger partial charge in [0, 0.05) is 36.0 Å². The normalized spacial score (nSPS) is 10.5. The summed E-state index contributed by atoms with van der Waals surface area (Å²) < 4.78 is 52.6. The predicted octanol–water partition coefficient (Wildman–Crippen LogP) is 3.76. The van der Waals surface area contributed by atoms with Gasteiger partial charge in [-0.3, -0.25) is 10.1 Å². The van der Waals surface area contributed by atoms with Gasteiger partial charge in [0.05, 0.1) is 4.92 Å². The first-order valence-electron chi connectivity index (χ1n) is 5.69. The highest BCUT2D eigenvalue weighted by atomic mass is 19.1. The van der Waals surface area contributed by atoms with Crippen LogP contribution in [-0.4, -0.2) is 4.92 Å². The van der Waals surface area contributed by atoms with Gasteiger partial charge in [0.15, 0.2) is 0 Å². The number of hydrogen-bond acceptors (Lipinski definition) is 3. The van der Waals surface area contributed by atoms with Gasteiger partial charge in [0.25, 0.3) is 0 Å². The fourth-order valence-corrected chi connectivity index (χ4v) is 1.71. The van der Waals surface area contributed by atoms with Gasteiger partial charge in [-0.2, -0.15) is 4.39 Å². The Morgan fingerprint density at radius 1 is 0.952 bits per heavy atom. The van der Waals surface area contributed by atoms with Crippen LogP contribution in [0.2, 0.25) is 0 Å². The minimum atomic E-state index is -1.29. The maximum atomic E-state index is 13.5. The fraction of sp³-hybridized carbons (Fsp3) is 0.0769. The SMILES string of the molecule is O=[N+]([O-])c1cc(CNc2cc(F)cc(F)c2)c(F)cc1F. The van der Waals surface area contributed by atoms with E-state index in [4.69, 9.17) is 0 Å². The van der Waals surface area contributed by atoms with Crippen LogP contribution in [0.4, 0.5) is 28.9 Å². The monoisotopic (exact) mass is 300 g/mol. The molecule has 0 saturated heterocycles. The first-order valence-corrected chi connectivity index (χ1v) is 5.69. The molecule has 2 aromatic carbocycles. The highest BCUT2D eigenvalue weighted by molar-refractivity contribution is 5.45. The largest absolute Gasteiger partial charge is 0.381 e. The van der Waals surface area contributed by atoms with Crippen LogP contribution in [0.15, 0.2) is 30.3 Å². The van der Waals surface area contributed by atoms with Crippen molar-refractivity contribution in [3.8, 4) is 0 Å². The fourth-order valence-electron chi connectivity index (χ4n) is 1.71. The van der Waals surface area contributed by atoms with E-state index in [0.29, 0.717) is 12.1 Å². The summed E-state index contributed by atoms with van der Waals surface area (Å²) in [5, 5.41) is 13.1. The third-order valence-corrected chi connectivity index (χ3v) is 2.66. The highest BCUT2D eigenvalue weighted by Crippen LogP contribution is 2.22. The molecule has 1 N–H and O–H groups in total. The molecule has 0 heterocycles. The molecule has 2 aromatic rings. The van der Waals surface area contributed by atoms with Crippen molar-refractivity contribution >= 4 is 11.4 Å². The van der Waals surface area contributed by atoms with Crippen LogP contribution in [-0.2, 0) is 6.54 Å². The first-order chi connectivity index (χ1) is 9.86. The van der Waals surface area contributed by atoms with E-state index >= 15 is 0 Å². The second kappa shape index (κ2) is 5.78. The van der Waals surface area contributed by atoms with E-state index < -0.39 is 33.9 Å². The molecule has 21 heavy (non-hydrogen) atoms.